The fraction of sp³-hybridized carbons (Fsp3) is 0.571. The Labute approximate surface area is 98.7 Å². The molecule has 0 aliphatic carbocycles. The Hall–Kier alpha value is -1.02. The largest absolute Gasteiger partial charge is 0.366 e. The maximum absolute atomic E-state index is 3.59. The van der Waals surface area contributed by atoms with E-state index in [1.165, 1.54) is 11.3 Å². The Kier molecular flexibility index (Phi) is 2.94. The average molecular weight is 218 g/mol. The monoisotopic (exact) mass is 218 g/mol. The van der Waals surface area contributed by atoms with Crippen molar-refractivity contribution in [2.75, 3.05) is 18.0 Å². The summed E-state index contributed by atoms with van der Waals surface area (Å²) in [4.78, 5) is 2.52. The lowest BCUT2D eigenvalue weighted by Crippen LogP contribution is -2.61. The number of hydrogen-bond donors (Lipinski definition) is 1. The van der Waals surface area contributed by atoms with Crippen LogP contribution in [0.2, 0.25) is 0 Å². The van der Waals surface area contributed by atoms with Crippen molar-refractivity contribution in [3.63, 3.8) is 0 Å². The van der Waals surface area contributed by atoms with Crippen molar-refractivity contribution in [3.8, 4) is 0 Å². The van der Waals surface area contributed by atoms with E-state index in [9.17, 15) is 0 Å². The van der Waals surface area contributed by atoms with Gasteiger partial charge in [-0.2, -0.15) is 0 Å². The fourth-order valence-electron chi connectivity index (χ4n) is 2.38. The third-order valence-electron chi connectivity index (χ3n) is 3.40. The van der Waals surface area contributed by atoms with Gasteiger partial charge in [0, 0.05) is 30.4 Å². The number of nitrogens with zero attached hydrogens (tertiary/aromatic N) is 1. The van der Waals surface area contributed by atoms with Crippen LogP contribution >= 0.6 is 0 Å². The van der Waals surface area contributed by atoms with Gasteiger partial charge in [0.2, 0.25) is 0 Å². The second-order valence-electron chi connectivity index (χ2n) is 5.53. The molecule has 1 saturated heterocycles. The number of benzene rings is 1. The quantitative estimate of drug-likeness (QED) is 0.779. The summed E-state index contributed by atoms with van der Waals surface area (Å²) in [5.74, 6) is 0. The van der Waals surface area contributed by atoms with Crippen molar-refractivity contribution >= 4 is 5.69 Å². The molecule has 1 aromatic carbocycles. The molecule has 1 heterocycles. The van der Waals surface area contributed by atoms with Gasteiger partial charge in [-0.3, -0.25) is 0 Å². The second-order valence-corrected chi connectivity index (χ2v) is 5.53. The van der Waals surface area contributed by atoms with E-state index in [2.05, 4.69) is 62.2 Å². The lowest BCUT2D eigenvalue weighted by molar-refractivity contribution is 0.318. The zero-order chi connectivity index (χ0) is 11.8. The molecule has 16 heavy (non-hydrogen) atoms. The molecule has 1 atom stereocenters. The lowest BCUT2D eigenvalue weighted by Gasteiger charge is -2.45. The molecule has 1 aromatic rings. The molecule has 1 unspecified atom stereocenters. The van der Waals surface area contributed by atoms with Gasteiger partial charge in [0.15, 0.2) is 0 Å². The molecule has 0 aromatic heterocycles. The molecule has 0 amide bonds. The molecule has 2 heteroatoms. The molecule has 1 fully saturated rings. The minimum Gasteiger partial charge on any atom is -0.366 e. The van der Waals surface area contributed by atoms with Gasteiger partial charge in [0.05, 0.1) is 0 Å². The van der Waals surface area contributed by atoms with E-state index in [-0.39, 0.29) is 5.54 Å². The molecule has 0 saturated carbocycles. The van der Waals surface area contributed by atoms with E-state index in [1.807, 2.05) is 0 Å². The first-order valence-electron chi connectivity index (χ1n) is 6.07. The highest BCUT2D eigenvalue weighted by Gasteiger charge is 2.30. The zero-order valence-electron chi connectivity index (χ0n) is 10.7. The average Bonchev–Trinajstić information content (AvgIpc) is 2.23. The standard InChI is InChI=1S/C14H22N2/c1-11-7-5-6-8-13(11)16-10-14(3,4)15-9-12(16)2/h5-8,12,15H,9-10H2,1-4H3. The molecular formula is C14H22N2. The molecule has 0 spiro atoms. The van der Waals surface area contributed by atoms with Crippen molar-refractivity contribution in [3.05, 3.63) is 29.8 Å². The van der Waals surface area contributed by atoms with Gasteiger partial charge in [-0.25, -0.2) is 0 Å². The highest BCUT2D eigenvalue weighted by Crippen LogP contribution is 2.26. The van der Waals surface area contributed by atoms with Crippen molar-refractivity contribution in [1.29, 1.82) is 0 Å². The first kappa shape index (κ1) is 11.5. The molecule has 2 rings (SSSR count). The SMILES string of the molecule is Cc1ccccc1N1CC(C)(C)NCC1C. The number of aryl methyl sites for hydroxylation is 1. The number of anilines is 1. The molecule has 88 valence electrons. The Morgan fingerprint density at radius 1 is 1.31 bits per heavy atom. The van der Waals surface area contributed by atoms with Gasteiger partial charge < -0.3 is 10.2 Å². The van der Waals surface area contributed by atoms with E-state index in [1.54, 1.807) is 0 Å². The van der Waals surface area contributed by atoms with Gasteiger partial charge in [-0.1, -0.05) is 18.2 Å². The van der Waals surface area contributed by atoms with Crippen LogP contribution in [-0.2, 0) is 0 Å². The van der Waals surface area contributed by atoms with Gasteiger partial charge >= 0.3 is 0 Å². The van der Waals surface area contributed by atoms with Gasteiger partial charge in [0.1, 0.15) is 0 Å². The molecule has 1 aliphatic heterocycles. The summed E-state index contributed by atoms with van der Waals surface area (Å²) in [6.07, 6.45) is 0. The van der Waals surface area contributed by atoms with Crippen LogP contribution in [0.3, 0.4) is 0 Å². The van der Waals surface area contributed by atoms with E-state index in [4.69, 9.17) is 0 Å². The minimum atomic E-state index is 0.203. The Balaban J connectivity index is 2.28. The number of hydrogen-bond acceptors (Lipinski definition) is 2. The third-order valence-corrected chi connectivity index (χ3v) is 3.40. The Morgan fingerprint density at radius 3 is 2.69 bits per heavy atom. The maximum atomic E-state index is 3.59. The number of rotatable bonds is 1. The molecular weight excluding hydrogens is 196 g/mol. The highest BCUT2D eigenvalue weighted by molar-refractivity contribution is 5.54. The van der Waals surface area contributed by atoms with Gasteiger partial charge in [-0.15, -0.1) is 0 Å². The summed E-state index contributed by atoms with van der Waals surface area (Å²) < 4.78 is 0. The first-order valence-corrected chi connectivity index (χ1v) is 6.07. The predicted octanol–water partition coefficient (Wildman–Crippen LogP) is 2.57. The lowest BCUT2D eigenvalue weighted by atomic mass is 9.98. The smallest absolute Gasteiger partial charge is 0.0399 e. The summed E-state index contributed by atoms with van der Waals surface area (Å²) >= 11 is 0. The number of piperazine rings is 1. The summed E-state index contributed by atoms with van der Waals surface area (Å²) in [5, 5.41) is 3.59. The molecule has 1 N–H and O–H groups in total. The Bertz CT molecular complexity index is 371. The van der Waals surface area contributed by atoms with Crippen LogP contribution in [0.1, 0.15) is 26.3 Å². The normalized spacial score (nSPS) is 24.5. The number of nitrogens with one attached hydrogen (secondary N) is 1. The van der Waals surface area contributed by atoms with Gasteiger partial charge in [0.25, 0.3) is 0 Å². The van der Waals surface area contributed by atoms with Crippen LogP contribution in [0.15, 0.2) is 24.3 Å². The summed E-state index contributed by atoms with van der Waals surface area (Å²) in [6, 6.07) is 9.22. The topological polar surface area (TPSA) is 15.3 Å². The van der Waals surface area contributed by atoms with Crippen molar-refractivity contribution < 1.29 is 0 Å². The highest BCUT2D eigenvalue weighted by atomic mass is 15.2. The first-order chi connectivity index (χ1) is 7.49. The minimum absolute atomic E-state index is 0.203. The van der Waals surface area contributed by atoms with E-state index in [0.717, 1.165) is 13.1 Å². The van der Waals surface area contributed by atoms with E-state index < -0.39 is 0 Å². The summed E-state index contributed by atoms with van der Waals surface area (Å²) in [6.45, 7) is 11.1. The molecule has 1 aliphatic rings. The zero-order valence-corrected chi connectivity index (χ0v) is 10.7. The maximum Gasteiger partial charge on any atom is 0.0399 e. The van der Waals surface area contributed by atoms with Crippen LogP contribution in [0, 0.1) is 6.92 Å². The summed E-state index contributed by atoms with van der Waals surface area (Å²) in [7, 11) is 0. The third kappa shape index (κ3) is 2.22. The van der Waals surface area contributed by atoms with Crippen LogP contribution < -0.4 is 10.2 Å². The fourth-order valence-corrected chi connectivity index (χ4v) is 2.38. The van der Waals surface area contributed by atoms with E-state index >= 15 is 0 Å². The Morgan fingerprint density at radius 2 is 2.00 bits per heavy atom. The number of para-hydroxylation sites is 1. The van der Waals surface area contributed by atoms with Crippen LogP contribution in [-0.4, -0.2) is 24.7 Å². The predicted molar refractivity (Wildman–Crippen MR) is 70.1 cm³/mol. The summed E-state index contributed by atoms with van der Waals surface area (Å²) in [5.41, 5.74) is 2.95. The van der Waals surface area contributed by atoms with Crippen LogP contribution in [0.5, 0.6) is 0 Å². The van der Waals surface area contributed by atoms with E-state index in [0.29, 0.717) is 6.04 Å². The molecule has 0 bridgehead atoms. The second kappa shape index (κ2) is 4.10. The van der Waals surface area contributed by atoms with Crippen LogP contribution in [0.25, 0.3) is 0 Å². The van der Waals surface area contributed by atoms with Crippen LogP contribution in [0.4, 0.5) is 5.69 Å². The van der Waals surface area contributed by atoms with Crippen molar-refractivity contribution in [1.82, 2.24) is 5.32 Å². The molecule has 2 nitrogen and oxygen atoms in total. The molecule has 0 radical (unpaired) electrons. The van der Waals surface area contributed by atoms with Crippen molar-refractivity contribution in [2.45, 2.75) is 39.3 Å². The van der Waals surface area contributed by atoms with Gasteiger partial charge in [-0.05, 0) is 39.3 Å². The van der Waals surface area contributed by atoms with Crippen molar-refractivity contribution in [2.24, 2.45) is 0 Å².